The Morgan fingerprint density at radius 1 is 0.739 bits per heavy atom. The van der Waals surface area contributed by atoms with E-state index in [1.807, 2.05) is 19.1 Å². The molecule has 0 aromatic heterocycles. The largest absolute Gasteiger partial charge is 0.505 e. The average molecular weight is 1030 g/mol. The number of nitrogens with two attached hydrogens (primary N) is 3. The van der Waals surface area contributed by atoms with Crippen LogP contribution in [0.25, 0.3) is 10.8 Å². The monoisotopic (exact) mass is 1030 g/mol. The number of carbonyl (C=O) groups is 1. The second kappa shape index (κ2) is 24.5. The summed E-state index contributed by atoms with van der Waals surface area (Å²) in [6, 6.07) is 25.5. The molecular formula is C40H40N10O15S4. The fourth-order valence-corrected chi connectivity index (χ4v) is 8.02. The minimum absolute atomic E-state index is 0.0681. The van der Waals surface area contributed by atoms with Crippen LogP contribution in [0.4, 0.5) is 51.2 Å². The Morgan fingerprint density at radius 3 is 2.04 bits per heavy atom. The van der Waals surface area contributed by atoms with Crippen molar-refractivity contribution < 1.29 is 69.3 Å². The predicted octanol–water partition coefficient (Wildman–Crippen LogP) is 9.94. The average Bonchev–Trinajstić information content (AvgIpc) is 3.30. The lowest BCUT2D eigenvalue weighted by molar-refractivity contribution is -0.434. The lowest BCUT2D eigenvalue weighted by Gasteiger charge is -2.14. The van der Waals surface area contributed by atoms with Gasteiger partial charge in [-0.2, -0.15) is 32.2 Å². The van der Waals surface area contributed by atoms with E-state index in [0.29, 0.717) is 76.8 Å². The molecule has 1 amide bonds. The van der Waals surface area contributed by atoms with E-state index in [4.69, 9.17) is 31.9 Å². The van der Waals surface area contributed by atoms with E-state index in [1.54, 1.807) is 54.6 Å². The molecule has 0 saturated carbocycles. The molecule has 0 bridgehead atoms. The normalized spacial score (nSPS) is 12.0. The molecule has 0 aliphatic heterocycles. The highest BCUT2D eigenvalue weighted by Crippen LogP contribution is 2.49. The molecule has 12 N–H and O–H groups in total. The first-order chi connectivity index (χ1) is 32.8. The number of nitrogens with one attached hydrogen (secondary N) is 1. The van der Waals surface area contributed by atoms with E-state index in [9.17, 15) is 35.8 Å². The number of hydrogen-bond donors (Lipinski definition) is 9. The summed E-state index contributed by atoms with van der Waals surface area (Å²) < 4.78 is 81.0. The minimum Gasteiger partial charge on any atom is -0.505 e. The number of rotatable bonds is 19. The van der Waals surface area contributed by atoms with E-state index in [0.717, 1.165) is 17.7 Å². The first-order valence-corrected chi connectivity index (χ1v) is 23.5. The van der Waals surface area contributed by atoms with Crippen molar-refractivity contribution >= 4 is 112 Å². The molecule has 6 aromatic rings. The summed E-state index contributed by atoms with van der Waals surface area (Å²) >= 11 is 0.694. The molecule has 6 rings (SSSR count). The molecule has 69 heavy (non-hydrogen) atoms. The molecule has 364 valence electrons. The number of phenolic OH excluding ortho intramolecular Hbond substituents is 1. The lowest BCUT2D eigenvalue weighted by atomic mass is 10.1. The van der Waals surface area contributed by atoms with Crippen molar-refractivity contribution in [3.8, 4) is 5.75 Å². The number of anilines is 4. The minimum atomic E-state index is -4.91. The van der Waals surface area contributed by atoms with Crippen molar-refractivity contribution in [2.75, 3.05) is 36.2 Å². The molecule has 0 spiro atoms. The number of amides is 1. The van der Waals surface area contributed by atoms with Gasteiger partial charge >= 0.3 is 0 Å². The summed E-state index contributed by atoms with van der Waals surface area (Å²) in [5.41, 5.74) is 21.3. The van der Waals surface area contributed by atoms with E-state index in [-0.39, 0.29) is 45.2 Å². The van der Waals surface area contributed by atoms with E-state index < -0.39 is 41.5 Å². The number of hydrogen-bond acceptors (Lipinski definition) is 24. The molecule has 29 heteroatoms. The van der Waals surface area contributed by atoms with E-state index in [2.05, 4.69) is 54.7 Å². The van der Waals surface area contributed by atoms with Crippen LogP contribution in [0, 0.1) is 6.92 Å². The predicted molar refractivity (Wildman–Crippen MR) is 253 cm³/mol. The molecule has 0 aliphatic carbocycles. The van der Waals surface area contributed by atoms with Crippen LogP contribution in [0.3, 0.4) is 0 Å². The third-order valence-corrected chi connectivity index (χ3v) is 11.8. The molecule has 0 aliphatic rings. The highest BCUT2D eigenvalue weighted by molar-refractivity contribution is 7.94. The van der Waals surface area contributed by atoms with Crippen molar-refractivity contribution in [2.45, 2.75) is 34.5 Å². The number of benzene rings is 6. The maximum atomic E-state index is 12.2. The number of fused-ring (bicyclic) bond motifs is 1. The summed E-state index contributed by atoms with van der Waals surface area (Å²) in [4.78, 5) is 10.7. The van der Waals surface area contributed by atoms with Crippen LogP contribution in [-0.4, -0.2) is 61.1 Å². The summed E-state index contributed by atoms with van der Waals surface area (Å²) in [6.07, 6.45) is 0.663. The number of azo groups is 3. The summed E-state index contributed by atoms with van der Waals surface area (Å²) in [6.45, 7) is 2.10. The van der Waals surface area contributed by atoms with Gasteiger partial charge in [0.1, 0.15) is 32.5 Å². The first kappa shape index (κ1) is 53.2. The third-order valence-electron chi connectivity index (χ3n) is 9.07. The molecule has 0 fully saturated rings. The fraction of sp³-hybridized carbons (Fsp3) is 0.125. The Balaban J connectivity index is 0.000000290. The number of nitrogens with zero attached hydrogens (tertiary/aromatic N) is 6. The van der Waals surface area contributed by atoms with Gasteiger partial charge in [-0.25, -0.2) is 10.5 Å². The van der Waals surface area contributed by atoms with Gasteiger partial charge in [0.2, 0.25) is 0 Å². The van der Waals surface area contributed by atoms with Crippen LogP contribution in [0.2, 0.25) is 0 Å². The third kappa shape index (κ3) is 14.9. The maximum Gasteiger partial charge on any atom is 0.296 e. The van der Waals surface area contributed by atoms with Gasteiger partial charge in [-0.1, -0.05) is 33.8 Å². The Labute approximate surface area is 400 Å². The Kier molecular flexibility index (Phi) is 18.9. The quantitative estimate of drug-likeness (QED) is 0.00692. The van der Waals surface area contributed by atoms with Crippen LogP contribution in [0.15, 0.2) is 142 Å². The Morgan fingerprint density at radius 2 is 1.41 bits per heavy atom. The zero-order valence-corrected chi connectivity index (χ0v) is 39.0. The second-order valence-corrected chi connectivity index (χ2v) is 17.8. The standard InChI is InChI=1S/C20H21N5O14S4.C20H19N5O/c1-22-24-19-15(43(32,33)34)9-11-8-13(40-38-36-27)18(17(21)16(11)20(19)26)25-23-12-5-4-10(7-14(12)42(29,30)31)3-2-6-35-41-39-37-28;1-13-2-4-14(5-3-13)20(26)23-16-7-9-17(10-8-16)24-25-19-11-6-15(21)12-18(19)22/h4-5,7-9,26-28H,2-3,6,21H2,1H3,(H,29,30,31)(H,32,33,34);2-12H,21-22H2,1H3,(H,23,26). The number of carbonyl (C=O) groups excluding carboxylic acids is 1. The number of nitrogen functional groups attached to an aromatic ring is 3. The first-order valence-electron chi connectivity index (χ1n) is 19.2. The summed E-state index contributed by atoms with van der Waals surface area (Å²) in [5.74, 6) is -0.963. The van der Waals surface area contributed by atoms with Gasteiger partial charge in [0.05, 0.1) is 46.0 Å². The zero-order chi connectivity index (χ0) is 50.3. The topological polar surface area (TPSA) is 397 Å². The van der Waals surface area contributed by atoms with Crippen LogP contribution < -0.4 is 22.5 Å². The van der Waals surface area contributed by atoms with Gasteiger partial charge in [-0.3, -0.25) is 18.1 Å². The molecule has 0 radical (unpaired) electrons. The van der Waals surface area contributed by atoms with Crippen molar-refractivity contribution in [1.29, 1.82) is 0 Å². The van der Waals surface area contributed by atoms with Crippen LogP contribution in [0.5, 0.6) is 5.75 Å². The van der Waals surface area contributed by atoms with Gasteiger partial charge in [0.15, 0.2) is 18.1 Å². The van der Waals surface area contributed by atoms with Crippen molar-refractivity contribution in [2.24, 2.45) is 30.7 Å². The number of phenols is 1. The molecule has 0 saturated heterocycles. The smallest absolute Gasteiger partial charge is 0.296 e. The van der Waals surface area contributed by atoms with E-state index >= 15 is 0 Å². The van der Waals surface area contributed by atoms with Crippen LogP contribution in [0.1, 0.15) is 27.9 Å². The maximum absolute atomic E-state index is 12.2. The van der Waals surface area contributed by atoms with Gasteiger partial charge < -0.3 is 27.6 Å². The van der Waals surface area contributed by atoms with Crippen molar-refractivity contribution in [3.05, 3.63) is 114 Å². The summed E-state index contributed by atoms with van der Waals surface area (Å²) in [5, 5.41) is 60.2. The fourth-order valence-electron chi connectivity index (χ4n) is 5.93. The van der Waals surface area contributed by atoms with Gasteiger partial charge in [-0.15, -0.1) is 24.0 Å². The summed E-state index contributed by atoms with van der Waals surface area (Å²) in [7, 11) is -8.55. The molecule has 0 unspecified atom stereocenters. The van der Waals surface area contributed by atoms with E-state index in [1.165, 1.54) is 25.2 Å². The zero-order valence-electron chi connectivity index (χ0n) is 35.7. The molecule has 0 heterocycles. The van der Waals surface area contributed by atoms with Crippen LogP contribution >= 0.6 is 24.4 Å². The highest BCUT2D eigenvalue weighted by Gasteiger charge is 2.26. The van der Waals surface area contributed by atoms with Crippen LogP contribution in [-0.2, 0) is 49.6 Å². The second-order valence-electron chi connectivity index (χ2n) is 13.8. The Bertz CT molecular complexity index is 3110. The number of aryl methyl sites for hydroxylation is 2. The van der Waals surface area contributed by atoms with Gasteiger partial charge in [0.25, 0.3) is 26.1 Å². The number of aromatic hydroxyl groups is 1. The van der Waals surface area contributed by atoms with Crippen molar-refractivity contribution in [1.82, 2.24) is 0 Å². The molecule has 25 nitrogen and oxygen atoms in total. The molecular weight excluding hydrogens is 989 g/mol. The van der Waals surface area contributed by atoms with Gasteiger partial charge in [0, 0.05) is 24.0 Å². The van der Waals surface area contributed by atoms with Crippen molar-refractivity contribution in [3.63, 3.8) is 0 Å². The Hall–Kier alpha value is -6.71. The SMILES string of the molecule is CN=Nc1c(S(=O)(=O)O)cc2cc(SOOO)c(N=Nc3ccc(CCCOSOOO)cc3S(=O)(=O)O)c(N)c2c1O.Cc1ccc(C(=O)Nc2ccc(N=Nc3ccc(N)cc3N)cc2)cc1. The molecule has 0 atom stereocenters. The van der Waals surface area contributed by atoms with Gasteiger partial charge in [-0.05, 0) is 110 Å². The highest BCUT2D eigenvalue weighted by atomic mass is 32.2. The lowest BCUT2D eigenvalue weighted by Crippen LogP contribution is -2.11. The molecule has 6 aromatic carbocycles.